The normalized spacial score (nSPS) is 12.0. The molecule has 0 bridgehead atoms. The smallest absolute Gasteiger partial charge is 0.159 e. The highest BCUT2D eigenvalue weighted by Crippen LogP contribution is 2.08. The minimum Gasteiger partial charge on any atom is -0.295 e. The Morgan fingerprint density at radius 3 is 1.91 bits per heavy atom. The van der Waals surface area contributed by atoms with E-state index in [0.717, 1.165) is 11.1 Å². The number of ketones is 1. The van der Waals surface area contributed by atoms with E-state index in [1.165, 1.54) is 5.56 Å². The van der Waals surface area contributed by atoms with Crippen LogP contribution in [0.4, 0.5) is 0 Å². The van der Waals surface area contributed by atoms with E-state index < -0.39 is 0 Å². The first-order valence-electron chi connectivity index (χ1n) is 7.60. The fourth-order valence-electron chi connectivity index (χ4n) is 2.02. The van der Waals surface area contributed by atoms with Gasteiger partial charge in [0.15, 0.2) is 5.78 Å². The molecule has 0 spiro atoms. The van der Waals surface area contributed by atoms with E-state index in [2.05, 4.69) is 18.2 Å². The van der Waals surface area contributed by atoms with Gasteiger partial charge in [-0.05, 0) is 24.1 Å². The number of hydrogen-bond acceptors (Lipinski definition) is 1. The van der Waals surface area contributed by atoms with E-state index in [1.807, 2.05) is 85.0 Å². The molecule has 0 saturated carbocycles. The van der Waals surface area contributed by atoms with Crippen LogP contribution in [0.25, 0.3) is 12.2 Å². The van der Waals surface area contributed by atoms with Gasteiger partial charge in [-0.25, -0.2) is 0 Å². The van der Waals surface area contributed by atoms with Gasteiger partial charge in [-0.1, -0.05) is 97.1 Å². The summed E-state index contributed by atoms with van der Waals surface area (Å²) in [6.45, 7) is 1.58. The summed E-state index contributed by atoms with van der Waals surface area (Å²) in [7, 11) is 0. The molecule has 2 aromatic carbocycles. The Labute approximate surface area is 138 Å². The second-order valence-electron chi connectivity index (χ2n) is 5.08. The highest BCUT2D eigenvalue weighted by atomic mass is 16.1. The summed E-state index contributed by atoms with van der Waals surface area (Å²) in [6, 6.07) is 17.8. The lowest BCUT2D eigenvalue weighted by Gasteiger charge is -1.96. The lowest BCUT2D eigenvalue weighted by atomic mass is 10.1. The zero-order valence-electron chi connectivity index (χ0n) is 13.2. The Hall–Kier alpha value is -2.93. The number of rotatable bonds is 6. The van der Waals surface area contributed by atoms with Crippen LogP contribution in [0.2, 0.25) is 0 Å². The maximum absolute atomic E-state index is 11.3. The molecule has 0 unspecified atom stereocenters. The van der Waals surface area contributed by atoms with Crippen molar-refractivity contribution in [1.29, 1.82) is 0 Å². The number of hydrogen-bond donors (Lipinski definition) is 0. The first-order chi connectivity index (χ1) is 11.3. The molecule has 0 radical (unpaired) electrons. The quantitative estimate of drug-likeness (QED) is 0.492. The third kappa shape index (κ3) is 6.15. The maximum atomic E-state index is 11.3. The van der Waals surface area contributed by atoms with Crippen molar-refractivity contribution in [2.24, 2.45) is 0 Å². The van der Waals surface area contributed by atoms with Crippen LogP contribution in [0, 0.1) is 0 Å². The van der Waals surface area contributed by atoms with Crippen LogP contribution in [0.3, 0.4) is 0 Å². The lowest BCUT2D eigenvalue weighted by Crippen LogP contribution is -1.91. The average Bonchev–Trinajstić information content (AvgIpc) is 2.58. The van der Waals surface area contributed by atoms with Gasteiger partial charge in [0.25, 0.3) is 0 Å². The Bertz CT molecular complexity index is 747. The lowest BCUT2D eigenvalue weighted by molar-refractivity contribution is 0.101. The van der Waals surface area contributed by atoms with Gasteiger partial charge < -0.3 is 0 Å². The largest absolute Gasteiger partial charge is 0.295 e. The van der Waals surface area contributed by atoms with Crippen LogP contribution >= 0.6 is 0 Å². The molecule has 0 atom stereocenters. The zero-order chi connectivity index (χ0) is 16.3. The van der Waals surface area contributed by atoms with Crippen molar-refractivity contribution in [3.8, 4) is 0 Å². The molecule has 0 saturated heterocycles. The number of benzene rings is 2. The summed E-state index contributed by atoms with van der Waals surface area (Å²) >= 11 is 0. The van der Waals surface area contributed by atoms with E-state index in [-0.39, 0.29) is 5.78 Å². The second-order valence-corrected chi connectivity index (χ2v) is 5.08. The van der Waals surface area contributed by atoms with Gasteiger partial charge in [0, 0.05) is 5.56 Å². The van der Waals surface area contributed by atoms with E-state index in [1.54, 1.807) is 6.92 Å². The highest BCUT2D eigenvalue weighted by Gasteiger charge is 1.97. The first kappa shape index (κ1) is 16.4. The Morgan fingerprint density at radius 2 is 1.26 bits per heavy atom. The van der Waals surface area contributed by atoms with Gasteiger partial charge in [0.05, 0.1) is 0 Å². The summed E-state index contributed by atoms with van der Waals surface area (Å²) in [5.41, 5.74) is 2.95. The molecule has 1 heteroatoms. The number of carbonyl (C=O) groups is 1. The van der Waals surface area contributed by atoms with Crippen LogP contribution in [0.1, 0.15) is 28.4 Å². The molecule has 0 aliphatic rings. The molecule has 0 aromatic heterocycles. The molecule has 0 amide bonds. The summed E-state index contributed by atoms with van der Waals surface area (Å²) in [6.07, 6.45) is 15.9. The molecule has 2 aromatic rings. The minimum atomic E-state index is 0.0870. The van der Waals surface area contributed by atoms with Crippen LogP contribution in [-0.4, -0.2) is 5.78 Å². The highest BCUT2D eigenvalue weighted by molar-refractivity contribution is 5.94. The molecule has 2 rings (SSSR count). The molecular weight excluding hydrogens is 280 g/mol. The number of carbonyl (C=O) groups excluding carboxylic acids is 1. The van der Waals surface area contributed by atoms with Crippen LogP contribution < -0.4 is 0 Å². The Balaban J connectivity index is 1.84. The molecular formula is C22H20O. The van der Waals surface area contributed by atoms with E-state index in [0.29, 0.717) is 0 Å². The average molecular weight is 300 g/mol. The van der Waals surface area contributed by atoms with Gasteiger partial charge in [-0.2, -0.15) is 0 Å². The van der Waals surface area contributed by atoms with Crippen molar-refractivity contribution < 1.29 is 4.79 Å². The predicted octanol–water partition coefficient (Wildman–Crippen LogP) is 5.73. The Morgan fingerprint density at radius 1 is 0.696 bits per heavy atom. The minimum absolute atomic E-state index is 0.0870. The zero-order valence-corrected chi connectivity index (χ0v) is 13.2. The van der Waals surface area contributed by atoms with E-state index in [4.69, 9.17) is 0 Å². The van der Waals surface area contributed by atoms with Crippen molar-refractivity contribution in [3.05, 3.63) is 108 Å². The third-order valence-electron chi connectivity index (χ3n) is 3.23. The molecule has 0 aliphatic heterocycles. The van der Waals surface area contributed by atoms with Gasteiger partial charge in [0.2, 0.25) is 0 Å². The van der Waals surface area contributed by atoms with Gasteiger partial charge >= 0.3 is 0 Å². The molecule has 0 fully saturated rings. The molecule has 0 heterocycles. The van der Waals surface area contributed by atoms with Crippen molar-refractivity contribution in [3.63, 3.8) is 0 Å². The topological polar surface area (TPSA) is 17.1 Å². The fourth-order valence-corrected chi connectivity index (χ4v) is 2.02. The van der Waals surface area contributed by atoms with Crippen molar-refractivity contribution in [1.82, 2.24) is 0 Å². The molecule has 0 N–H and O–H groups in total. The van der Waals surface area contributed by atoms with E-state index in [9.17, 15) is 4.79 Å². The third-order valence-corrected chi connectivity index (χ3v) is 3.23. The van der Waals surface area contributed by atoms with Crippen LogP contribution in [0.5, 0.6) is 0 Å². The van der Waals surface area contributed by atoms with Gasteiger partial charge in [0.1, 0.15) is 0 Å². The monoisotopic (exact) mass is 300 g/mol. The summed E-state index contributed by atoms with van der Waals surface area (Å²) < 4.78 is 0. The molecule has 114 valence electrons. The second kappa shape index (κ2) is 9.16. The molecule has 23 heavy (non-hydrogen) atoms. The molecule has 1 nitrogen and oxygen atoms in total. The predicted molar refractivity (Wildman–Crippen MR) is 99.2 cm³/mol. The van der Waals surface area contributed by atoms with Crippen molar-refractivity contribution >= 4 is 17.9 Å². The summed E-state index contributed by atoms with van der Waals surface area (Å²) in [4.78, 5) is 11.3. The standard InChI is InChI=1S/C22H20O/c1-19(23)22-17-11-16-21(18-22)15-8-5-3-2-4-7-12-20-13-9-6-10-14-20/h2-18H,1H3/b4-2+,5-3+,12-7+,15-8+. The van der Waals surface area contributed by atoms with Gasteiger partial charge in [-0.15, -0.1) is 0 Å². The maximum Gasteiger partial charge on any atom is 0.159 e. The summed E-state index contributed by atoms with van der Waals surface area (Å²) in [5.74, 6) is 0.0870. The van der Waals surface area contributed by atoms with E-state index >= 15 is 0 Å². The SMILES string of the molecule is CC(=O)c1cccc(/C=C/C=C/C=C/C=C/c2ccccc2)c1. The van der Waals surface area contributed by atoms with Crippen LogP contribution in [-0.2, 0) is 0 Å². The summed E-state index contributed by atoms with van der Waals surface area (Å²) in [5, 5.41) is 0. The fraction of sp³-hybridized carbons (Fsp3) is 0.0455. The van der Waals surface area contributed by atoms with Crippen molar-refractivity contribution in [2.75, 3.05) is 0 Å². The Kier molecular flexibility index (Phi) is 6.55. The van der Waals surface area contributed by atoms with Crippen LogP contribution in [0.15, 0.2) is 91.1 Å². The van der Waals surface area contributed by atoms with Gasteiger partial charge in [-0.3, -0.25) is 4.79 Å². The number of allylic oxidation sites excluding steroid dienone is 6. The number of Topliss-reactive ketones (excluding diaryl/α,β-unsaturated/α-hetero) is 1. The first-order valence-corrected chi connectivity index (χ1v) is 7.60. The molecule has 0 aliphatic carbocycles. The van der Waals surface area contributed by atoms with Crippen molar-refractivity contribution in [2.45, 2.75) is 6.92 Å².